The molecule has 0 fully saturated rings. The van der Waals surface area contributed by atoms with E-state index in [2.05, 4.69) is 5.32 Å². The Labute approximate surface area is 106 Å². The van der Waals surface area contributed by atoms with E-state index in [0.717, 1.165) is 6.42 Å². The Morgan fingerprint density at radius 3 is 2.88 bits per heavy atom. The second-order valence-corrected chi connectivity index (χ2v) is 4.26. The summed E-state index contributed by atoms with van der Waals surface area (Å²) in [6.45, 7) is 2.59. The smallest absolute Gasteiger partial charge is 0.337 e. The van der Waals surface area contributed by atoms with Crippen LogP contribution in [0, 0.1) is 0 Å². The van der Waals surface area contributed by atoms with Gasteiger partial charge in [0.05, 0.1) is 11.3 Å². The van der Waals surface area contributed by atoms with Crippen molar-refractivity contribution in [2.75, 3.05) is 19.0 Å². The van der Waals surface area contributed by atoms with E-state index in [-0.39, 0.29) is 11.6 Å². The van der Waals surface area contributed by atoms with Crippen molar-refractivity contribution in [3.05, 3.63) is 28.8 Å². The van der Waals surface area contributed by atoms with Gasteiger partial charge in [0, 0.05) is 24.8 Å². The molecule has 5 heteroatoms. The van der Waals surface area contributed by atoms with Gasteiger partial charge in [-0.25, -0.2) is 4.79 Å². The molecule has 0 bridgehead atoms. The topological polar surface area (TPSA) is 58.6 Å². The van der Waals surface area contributed by atoms with Crippen molar-refractivity contribution in [2.45, 2.75) is 19.4 Å². The van der Waals surface area contributed by atoms with Crippen LogP contribution in [0.2, 0.25) is 5.02 Å². The Hall–Kier alpha value is -1.26. The molecule has 4 nitrogen and oxygen atoms in total. The minimum atomic E-state index is -0.969. The van der Waals surface area contributed by atoms with Crippen LogP contribution in [0.25, 0.3) is 0 Å². The first-order valence-corrected chi connectivity index (χ1v) is 5.70. The first-order chi connectivity index (χ1) is 8.04. The van der Waals surface area contributed by atoms with Crippen LogP contribution in [0.4, 0.5) is 5.69 Å². The van der Waals surface area contributed by atoms with E-state index in [1.54, 1.807) is 19.2 Å². The molecule has 0 aliphatic rings. The van der Waals surface area contributed by atoms with Crippen molar-refractivity contribution in [2.24, 2.45) is 0 Å². The molecule has 0 heterocycles. The van der Waals surface area contributed by atoms with Crippen molar-refractivity contribution in [3.63, 3.8) is 0 Å². The lowest BCUT2D eigenvalue weighted by molar-refractivity contribution is 0.0698. The summed E-state index contributed by atoms with van der Waals surface area (Å²) in [5.41, 5.74) is 0.757. The number of anilines is 1. The maximum absolute atomic E-state index is 11.0. The Bertz CT molecular complexity index is 395. The number of hydrogen-bond donors (Lipinski definition) is 2. The van der Waals surface area contributed by atoms with Crippen LogP contribution in [0.5, 0.6) is 0 Å². The Kier molecular flexibility index (Phi) is 5.25. The van der Waals surface area contributed by atoms with Crippen molar-refractivity contribution >= 4 is 23.3 Å². The predicted molar refractivity (Wildman–Crippen MR) is 68.0 cm³/mol. The van der Waals surface area contributed by atoms with Crippen molar-refractivity contribution < 1.29 is 14.6 Å². The van der Waals surface area contributed by atoms with Gasteiger partial charge in [-0.2, -0.15) is 0 Å². The molecule has 1 rings (SSSR count). The molecule has 1 atom stereocenters. The standard InChI is InChI=1S/C12H16ClNO3/c1-8(5-6-17-2)14-11-7-9(13)3-4-10(11)12(15)16/h3-4,7-8,14H,5-6H2,1-2H3,(H,15,16). The van der Waals surface area contributed by atoms with Crippen LogP contribution < -0.4 is 5.32 Å². The fraction of sp³-hybridized carbons (Fsp3) is 0.417. The summed E-state index contributed by atoms with van der Waals surface area (Å²) in [7, 11) is 1.63. The summed E-state index contributed by atoms with van der Waals surface area (Å²) in [5.74, 6) is -0.969. The Morgan fingerprint density at radius 2 is 2.29 bits per heavy atom. The number of methoxy groups -OCH3 is 1. The van der Waals surface area contributed by atoms with Crippen LogP contribution >= 0.6 is 11.6 Å². The summed E-state index contributed by atoms with van der Waals surface area (Å²) >= 11 is 5.85. The van der Waals surface area contributed by atoms with Crippen molar-refractivity contribution in [3.8, 4) is 0 Å². The number of rotatable bonds is 6. The molecule has 0 radical (unpaired) electrons. The average molecular weight is 258 g/mol. The molecule has 0 amide bonds. The largest absolute Gasteiger partial charge is 0.478 e. The third kappa shape index (κ3) is 4.24. The van der Waals surface area contributed by atoms with Gasteiger partial charge in [-0.05, 0) is 31.5 Å². The van der Waals surface area contributed by atoms with E-state index >= 15 is 0 Å². The number of halogens is 1. The van der Waals surface area contributed by atoms with Gasteiger partial charge < -0.3 is 15.2 Å². The molecule has 1 aromatic carbocycles. The highest BCUT2D eigenvalue weighted by Crippen LogP contribution is 2.22. The number of benzene rings is 1. The molecule has 0 saturated carbocycles. The van der Waals surface area contributed by atoms with E-state index in [0.29, 0.717) is 17.3 Å². The summed E-state index contributed by atoms with van der Waals surface area (Å²) in [5, 5.41) is 12.7. The van der Waals surface area contributed by atoms with E-state index < -0.39 is 5.97 Å². The quantitative estimate of drug-likeness (QED) is 0.823. The molecule has 0 spiro atoms. The van der Waals surface area contributed by atoms with Crippen molar-refractivity contribution in [1.82, 2.24) is 0 Å². The summed E-state index contributed by atoms with van der Waals surface area (Å²) in [6, 6.07) is 4.80. The molecule has 0 saturated heterocycles. The van der Waals surface area contributed by atoms with Gasteiger partial charge >= 0.3 is 5.97 Å². The fourth-order valence-electron chi connectivity index (χ4n) is 1.45. The van der Waals surface area contributed by atoms with Crippen LogP contribution in [-0.2, 0) is 4.74 Å². The number of carbonyl (C=O) groups is 1. The number of carboxylic acids is 1. The Balaban J connectivity index is 2.81. The van der Waals surface area contributed by atoms with Gasteiger partial charge in [-0.1, -0.05) is 11.6 Å². The highest BCUT2D eigenvalue weighted by atomic mass is 35.5. The summed E-state index contributed by atoms with van der Waals surface area (Å²) in [4.78, 5) is 11.0. The Morgan fingerprint density at radius 1 is 1.59 bits per heavy atom. The zero-order chi connectivity index (χ0) is 12.8. The molecule has 0 aliphatic carbocycles. The van der Waals surface area contributed by atoms with Gasteiger partial charge in [-0.3, -0.25) is 0 Å². The lowest BCUT2D eigenvalue weighted by Gasteiger charge is -2.16. The minimum absolute atomic E-state index is 0.117. The molecular formula is C12H16ClNO3. The molecule has 2 N–H and O–H groups in total. The van der Waals surface area contributed by atoms with Crippen LogP contribution in [0.1, 0.15) is 23.7 Å². The molecule has 0 aromatic heterocycles. The first-order valence-electron chi connectivity index (χ1n) is 5.33. The SMILES string of the molecule is COCCC(C)Nc1cc(Cl)ccc1C(=O)O. The lowest BCUT2D eigenvalue weighted by atomic mass is 10.1. The zero-order valence-electron chi connectivity index (χ0n) is 9.87. The van der Waals surface area contributed by atoms with Gasteiger partial charge in [0.2, 0.25) is 0 Å². The molecule has 1 aromatic rings. The number of carboxylic acid groups (broad SMARTS) is 1. The van der Waals surface area contributed by atoms with Gasteiger partial charge in [0.1, 0.15) is 0 Å². The molecule has 1 unspecified atom stereocenters. The normalized spacial score (nSPS) is 12.2. The average Bonchev–Trinajstić information content (AvgIpc) is 2.26. The number of ether oxygens (including phenoxy) is 1. The van der Waals surface area contributed by atoms with Crippen LogP contribution in [0.15, 0.2) is 18.2 Å². The summed E-state index contributed by atoms with van der Waals surface area (Å²) in [6.07, 6.45) is 0.794. The number of hydrogen-bond acceptors (Lipinski definition) is 3. The third-order valence-electron chi connectivity index (χ3n) is 2.37. The monoisotopic (exact) mass is 257 g/mol. The second kappa shape index (κ2) is 6.47. The lowest BCUT2D eigenvalue weighted by Crippen LogP contribution is -2.19. The first kappa shape index (κ1) is 13.8. The maximum Gasteiger partial charge on any atom is 0.337 e. The van der Waals surface area contributed by atoms with E-state index in [1.165, 1.54) is 6.07 Å². The van der Waals surface area contributed by atoms with Crippen molar-refractivity contribution in [1.29, 1.82) is 0 Å². The fourth-order valence-corrected chi connectivity index (χ4v) is 1.63. The summed E-state index contributed by atoms with van der Waals surface area (Å²) < 4.78 is 4.97. The second-order valence-electron chi connectivity index (χ2n) is 3.82. The van der Waals surface area contributed by atoms with Gasteiger partial charge in [0.15, 0.2) is 0 Å². The minimum Gasteiger partial charge on any atom is -0.478 e. The highest BCUT2D eigenvalue weighted by molar-refractivity contribution is 6.31. The van der Waals surface area contributed by atoms with Crippen LogP contribution in [0.3, 0.4) is 0 Å². The van der Waals surface area contributed by atoms with Gasteiger partial charge in [0.25, 0.3) is 0 Å². The highest BCUT2D eigenvalue weighted by Gasteiger charge is 2.12. The zero-order valence-corrected chi connectivity index (χ0v) is 10.6. The van der Waals surface area contributed by atoms with E-state index in [4.69, 9.17) is 21.4 Å². The number of nitrogens with one attached hydrogen (secondary N) is 1. The molecule has 17 heavy (non-hydrogen) atoms. The van der Waals surface area contributed by atoms with E-state index in [1.807, 2.05) is 6.92 Å². The number of aromatic carboxylic acids is 1. The molecular weight excluding hydrogens is 242 g/mol. The van der Waals surface area contributed by atoms with E-state index in [9.17, 15) is 4.79 Å². The van der Waals surface area contributed by atoms with Crippen LogP contribution in [-0.4, -0.2) is 30.8 Å². The molecule has 94 valence electrons. The predicted octanol–water partition coefficient (Wildman–Crippen LogP) is 2.88. The van der Waals surface area contributed by atoms with Gasteiger partial charge in [-0.15, -0.1) is 0 Å². The third-order valence-corrected chi connectivity index (χ3v) is 2.60. The molecule has 0 aliphatic heterocycles. The maximum atomic E-state index is 11.0.